The maximum absolute atomic E-state index is 12.6. The number of anilines is 1. The average molecular weight is 436 g/mol. The smallest absolute Gasteiger partial charge is 0.265 e. The van der Waals surface area contributed by atoms with Crippen LogP contribution in [0.15, 0.2) is 30.3 Å². The van der Waals surface area contributed by atoms with E-state index in [4.69, 9.17) is 11.6 Å². The van der Waals surface area contributed by atoms with E-state index in [1.165, 1.54) is 26.3 Å². The van der Waals surface area contributed by atoms with Gasteiger partial charge in [-0.25, -0.2) is 0 Å². The molecule has 1 aliphatic rings. The number of hydrogen-bond donors (Lipinski definition) is 3. The van der Waals surface area contributed by atoms with Gasteiger partial charge in [-0.05, 0) is 50.1 Å². The monoisotopic (exact) mass is 435 g/mol. The summed E-state index contributed by atoms with van der Waals surface area (Å²) in [5.41, 5.74) is 5.25. The molecule has 8 heteroatoms. The summed E-state index contributed by atoms with van der Waals surface area (Å²) in [6.45, 7) is 0.613. The van der Waals surface area contributed by atoms with Crippen LogP contribution >= 0.6 is 22.9 Å². The molecule has 0 radical (unpaired) electrons. The highest BCUT2D eigenvalue weighted by Gasteiger charge is 2.19. The second-order valence-electron chi connectivity index (χ2n) is 6.66. The van der Waals surface area contributed by atoms with Gasteiger partial charge in [0.25, 0.3) is 11.8 Å². The fraction of sp³-hybridized carbons (Fsp3) is 0.381. The zero-order chi connectivity index (χ0) is 21.2. The fourth-order valence-corrected chi connectivity index (χ4v) is 4.28. The average Bonchev–Trinajstić information content (AvgIpc) is 3.20. The molecule has 4 N–H and O–H groups in total. The molecule has 0 atom stereocenters. The second kappa shape index (κ2) is 11.7. The van der Waals surface area contributed by atoms with Gasteiger partial charge in [-0.3, -0.25) is 14.4 Å². The maximum atomic E-state index is 12.6. The SMILES string of the molecule is CN.O=Cc1c(NC(=O)c2ccc(Cl)s2)cccc1C(=O)NCC1CCCCC1. The molecule has 2 aromatic rings. The van der Waals surface area contributed by atoms with E-state index in [1.807, 2.05) is 0 Å². The minimum absolute atomic E-state index is 0.176. The van der Waals surface area contributed by atoms with E-state index >= 15 is 0 Å². The molecule has 1 aromatic carbocycles. The summed E-state index contributed by atoms with van der Waals surface area (Å²) in [6, 6.07) is 8.10. The first-order valence-electron chi connectivity index (χ1n) is 9.59. The first kappa shape index (κ1) is 23.1. The number of amides is 2. The van der Waals surface area contributed by atoms with Crippen LogP contribution in [0.1, 0.15) is 62.5 Å². The first-order valence-corrected chi connectivity index (χ1v) is 10.8. The molecule has 156 valence electrons. The lowest BCUT2D eigenvalue weighted by atomic mass is 9.89. The molecule has 3 rings (SSSR count). The Kier molecular flexibility index (Phi) is 9.31. The van der Waals surface area contributed by atoms with Gasteiger partial charge in [-0.15, -0.1) is 11.3 Å². The fourth-order valence-electron chi connectivity index (χ4n) is 3.34. The van der Waals surface area contributed by atoms with Crippen molar-refractivity contribution in [2.75, 3.05) is 18.9 Å². The largest absolute Gasteiger partial charge is 0.352 e. The molecule has 1 heterocycles. The number of benzene rings is 1. The number of carbonyl (C=O) groups excluding carboxylic acids is 3. The summed E-state index contributed by atoms with van der Waals surface area (Å²) in [5.74, 6) is -0.165. The number of thiophene rings is 1. The maximum Gasteiger partial charge on any atom is 0.265 e. The van der Waals surface area contributed by atoms with E-state index in [0.29, 0.717) is 33.6 Å². The van der Waals surface area contributed by atoms with E-state index in [-0.39, 0.29) is 22.9 Å². The molecule has 1 fully saturated rings. The summed E-state index contributed by atoms with van der Waals surface area (Å²) in [7, 11) is 1.50. The minimum Gasteiger partial charge on any atom is -0.352 e. The number of hydrogen-bond acceptors (Lipinski definition) is 5. The highest BCUT2D eigenvalue weighted by atomic mass is 35.5. The zero-order valence-corrected chi connectivity index (χ0v) is 17.9. The van der Waals surface area contributed by atoms with Gasteiger partial charge in [-0.1, -0.05) is 36.9 Å². The molecule has 1 saturated carbocycles. The lowest BCUT2D eigenvalue weighted by Gasteiger charge is -2.22. The molecule has 0 bridgehead atoms. The predicted octanol–water partition coefficient (Wildman–Crippen LogP) is 4.35. The van der Waals surface area contributed by atoms with Crippen LogP contribution in [-0.4, -0.2) is 31.7 Å². The van der Waals surface area contributed by atoms with Crippen LogP contribution in [-0.2, 0) is 0 Å². The molecule has 0 unspecified atom stereocenters. The van der Waals surface area contributed by atoms with E-state index < -0.39 is 0 Å². The third kappa shape index (κ3) is 6.39. The van der Waals surface area contributed by atoms with Crippen molar-refractivity contribution in [1.29, 1.82) is 0 Å². The van der Waals surface area contributed by atoms with Crippen molar-refractivity contribution in [1.82, 2.24) is 5.32 Å². The molecule has 2 amide bonds. The van der Waals surface area contributed by atoms with Gasteiger partial charge in [0.2, 0.25) is 0 Å². The Balaban J connectivity index is 0.00000145. The molecule has 1 aromatic heterocycles. The Bertz CT molecular complexity index is 847. The van der Waals surface area contributed by atoms with Crippen molar-refractivity contribution in [3.63, 3.8) is 0 Å². The first-order chi connectivity index (χ1) is 14.1. The summed E-state index contributed by atoms with van der Waals surface area (Å²) in [6.07, 6.45) is 6.52. The highest BCUT2D eigenvalue weighted by Crippen LogP contribution is 2.25. The standard InChI is InChI=1S/C20H21ClN2O3S.CH5N/c21-18-10-9-17(27-18)20(26)23-16-8-4-7-14(15(16)12-24)19(25)22-11-13-5-2-1-3-6-13;1-2/h4,7-10,12-13H,1-3,5-6,11H2,(H,22,25)(H,23,26);2H2,1H3. The van der Waals surface area contributed by atoms with Crippen molar-refractivity contribution in [3.05, 3.63) is 50.7 Å². The summed E-state index contributed by atoms with van der Waals surface area (Å²) < 4.78 is 0.506. The van der Waals surface area contributed by atoms with E-state index in [1.54, 1.807) is 30.3 Å². The Morgan fingerprint density at radius 3 is 2.48 bits per heavy atom. The summed E-state index contributed by atoms with van der Waals surface area (Å²) >= 11 is 7.01. The Labute approximate surface area is 179 Å². The van der Waals surface area contributed by atoms with Crippen LogP contribution in [0, 0.1) is 5.92 Å². The zero-order valence-electron chi connectivity index (χ0n) is 16.4. The number of halogens is 1. The molecular formula is C21H26ClN3O3S. The van der Waals surface area contributed by atoms with E-state index in [9.17, 15) is 14.4 Å². The molecule has 1 aliphatic carbocycles. The van der Waals surface area contributed by atoms with Gasteiger partial charge in [0.1, 0.15) is 0 Å². The molecule has 0 aliphatic heterocycles. The van der Waals surface area contributed by atoms with Gasteiger partial charge in [0, 0.05) is 6.54 Å². The number of nitrogens with two attached hydrogens (primary N) is 1. The molecule has 29 heavy (non-hydrogen) atoms. The topological polar surface area (TPSA) is 101 Å². The minimum atomic E-state index is -0.366. The van der Waals surface area contributed by atoms with Crippen LogP contribution in [0.5, 0.6) is 0 Å². The second-order valence-corrected chi connectivity index (χ2v) is 8.37. The van der Waals surface area contributed by atoms with Crippen molar-refractivity contribution < 1.29 is 14.4 Å². The third-order valence-electron chi connectivity index (χ3n) is 4.79. The van der Waals surface area contributed by atoms with Gasteiger partial charge in [-0.2, -0.15) is 0 Å². The van der Waals surface area contributed by atoms with Crippen molar-refractivity contribution in [2.45, 2.75) is 32.1 Å². The predicted molar refractivity (Wildman–Crippen MR) is 118 cm³/mol. The van der Waals surface area contributed by atoms with Gasteiger partial charge >= 0.3 is 0 Å². The van der Waals surface area contributed by atoms with Crippen LogP contribution in [0.25, 0.3) is 0 Å². The van der Waals surface area contributed by atoms with Gasteiger partial charge in [0.05, 0.1) is 26.0 Å². The molecule has 6 nitrogen and oxygen atoms in total. The van der Waals surface area contributed by atoms with E-state index in [0.717, 1.165) is 24.2 Å². The van der Waals surface area contributed by atoms with E-state index in [2.05, 4.69) is 16.4 Å². The van der Waals surface area contributed by atoms with Crippen molar-refractivity contribution in [3.8, 4) is 0 Å². The lowest BCUT2D eigenvalue weighted by Crippen LogP contribution is -2.31. The van der Waals surface area contributed by atoms with Crippen LogP contribution < -0.4 is 16.4 Å². The lowest BCUT2D eigenvalue weighted by molar-refractivity contribution is 0.0937. The number of carbonyl (C=O) groups is 3. The van der Waals surface area contributed by atoms with Crippen LogP contribution in [0.3, 0.4) is 0 Å². The Morgan fingerprint density at radius 1 is 1.14 bits per heavy atom. The normalized spacial score (nSPS) is 13.8. The van der Waals surface area contributed by atoms with Gasteiger partial charge in [0.15, 0.2) is 6.29 Å². The Morgan fingerprint density at radius 2 is 1.86 bits per heavy atom. The number of rotatable bonds is 6. The van der Waals surface area contributed by atoms with Gasteiger partial charge < -0.3 is 16.4 Å². The van der Waals surface area contributed by atoms with Crippen molar-refractivity contribution >= 4 is 46.7 Å². The Hall–Kier alpha value is -2.22. The molecular weight excluding hydrogens is 410 g/mol. The number of nitrogens with one attached hydrogen (secondary N) is 2. The van der Waals surface area contributed by atoms with Crippen LogP contribution in [0.2, 0.25) is 4.34 Å². The highest BCUT2D eigenvalue weighted by molar-refractivity contribution is 7.18. The van der Waals surface area contributed by atoms with Crippen molar-refractivity contribution in [2.24, 2.45) is 11.7 Å². The van der Waals surface area contributed by atoms with Crippen LogP contribution in [0.4, 0.5) is 5.69 Å². The quantitative estimate of drug-likeness (QED) is 0.587. The molecule has 0 spiro atoms. The molecule has 0 saturated heterocycles. The number of aldehydes is 1. The third-order valence-corrected chi connectivity index (χ3v) is 6.02. The summed E-state index contributed by atoms with van der Waals surface area (Å²) in [5, 5.41) is 5.63. The summed E-state index contributed by atoms with van der Waals surface area (Å²) in [4.78, 5) is 37.0.